The first kappa shape index (κ1) is 40.6. The lowest BCUT2D eigenvalue weighted by Crippen LogP contribution is -2.64. The Kier molecular flexibility index (Phi) is 12.4. The summed E-state index contributed by atoms with van der Waals surface area (Å²) in [5, 5.41) is 24.2. The molecule has 2 N–H and O–H groups in total. The van der Waals surface area contributed by atoms with E-state index < -0.39 is 83.4 Å². The van der Waals surface area contributed by atoms with Crippen LogP contribution in [0.5, 0.6) is 0 Å². The largest absolute Gasteiger partial charge is 0.459 e. The third kappa shape index (κ3) is 7.82. The zero-order valence-corrected chi connectivity index (χ0v) is 31.9. The topological polar surface area (TPSA) is 172 Å². The number of fused-ring (bicyclic) bond motifs is 3. The van der Waals surface area contributed by atoms with E-state index in [0.717, 1.165) is 43.7 Å². The first-order valence-corrected chi connectivity index (χ1v) is 18.9. The number of hydrogen-bond donors (Lipinski definition) is 2. The van der Waals surface area contributed by atoms with Gasteiger partial charge in [0.2, 0.25) is 0 Å². The predicted octanol–water partition coefficient (Wildman–Crippen LogP) is 5.94. The molecule has 0 aromatic heterocycles. The second-order valence-electron chi connectivity index (χ2n) is 15.0. The lowest BCUT2D eigenvalue weighted by molar-refractivity contribution is -0.211. The molecule has 0 unspecified atom stereocenters. The van der Waals surface area contributed by atoms with Crippen molar-refractivity contribution in [1.29, 1.82) is 0 Å². The van der Waals surface area contributed by atoms with E-state index in [-0.39, 0.29) is 29.6 Å². The Bertz CT molecular complexity index is 1750. The van der Waals surface area contributed by atoms with E-state index in [1.165, 1.54) is 13.8 Å². The number of rotatable bonds is 14. The highest BCUT2D eigenvalue weighted by atomic mass is 16.6. The van der Waals surface area contributed by atoms with E-state index in [0.29, 0.717) is 12.8 Å². The van der Waals surface area contributed by atoms with Crippen molar-refractivity contribution in [3.63, 3.8) is 0 Å². The number of esters is 5. The fourth-order valence-electron chi connectivity index (χ4n) is 8.19. The van der Waals surface area contributed by atoms with Crippen LogP contribution in [0.15, 0.2) is 65.7 Å². The van der Waals surface area contributed by atoms with Gasteiger partial charge in [0.1, 0.15) is 11.7 Å². The van der Waals surface area contributed by atoms with Crippen LogP contribution in [-0.2, 0) is 42.9 Å². The molecule has 1 heterocycles. The molecule has 2 aromatic rings. The number of carbonyl (C=O) groups excluding carboxylic acids is 5. The van der Waals surface area contributed by atoms with Gasteiger partial charge in [-0.2, -0.15) is 0 Å². The Morgan fingerprint density at radius 1 is 0.815 bits per heavy atom. The average Bonchev–Trinajstić information content (AvgIpc) is 3.46. The average molecular weight is 749 g/mol. The number of hydrogen-bond acceptors (Lipinski definition) is 12. The molecule has 12 nitrogen and oxygen atoms in total. The lowest BCUT2D eigenvalue weighted by Gasteiger charge is -2.41. The van der Waals surface area contributed by atoms with Crippen LogP contribution >= 0.6 is 0 Å². The molecule has 0 bridgehead atoms. The monoisotopic (exact) mass is 748 g/mol. The highest BCUT2D eigenvalue weighted by Gasteiger charge is 2.76. The normalized spacial score (nSPS) is 30.1. The highest BCUT2D eigenvalue weighted by molar-refractivity contribution is 5.90. The van der Waals surface area contributed by atoms with Crippen molar-refractivity contribution in [3.05, 3.63) is 71.3 Å². The van der Waals surface area contributed by atoms with Crippen LogP contribution in [0.1, 0.15) is 110 Å². The van der Waals surface area contributed by atoms with Crippen LogP contribution in [0.3, 0.4) is 0 Å². The first-order chi connectivity index (χ1) is 25.6. The van der Waals surface area contributed by atoms with Gasteiger partial charge in [0.05, 0.1) is 11.5 Å². The number of carbonyl (C=O) groups is 5. The van der Waals surface area contributed by atoms with Crippen molar-refractivity contribution in [3.8, 4) is 11.1 Å². The SMILES string of the molecule is CCCCCCCC(=O)O[C@H]1[C@H]2C(=C(C)[C@@H]1OC(=O)c1ccc(-c3ccccc3)cc1)[C@@H]1OC(=O)[C@@](C)(O)[C@@]1(O)[C@@H](OC(=O)CCC)C[C@]2(C)OC(C)=O. The van der Waals surface area contributed by atoms with Gasteiger partial charge >= 0.3 is 29.8 Å². The van der Waals surface area contributed by atoms with E-state index in [4.69, 9.17) is 23.7 Å². The maximum Gasteiger partial charge on any atom is 0.341 e. The number of aliphatic hydroxyl groups is 2. The van der Waals surface area contributed by atoms with Crippen LogP contribution in [0.4, 0.5) is 0 Å². The molecule has 1 aliphatic heterocycles. The van der Waals surface area contributed by atoms with E-state index in [1.54, 1.807) is 38.1 Å². The van der Waals surface area contributed by atoms with Crippen LogP contribution in [0, 0.1) is 5.92 Å². The zero-order valence-electron chi connectivity index (χ0n) is 31.9. The van der Waals surface area contributed by atoms with Gasteiger partial charge < -0.3 is 33.9 Å². The molecule has 292 valence electrons. The summed E-state index contributed by atoms with van der Waals surface area (Å²) >= 11 is 0. The third-order valence-electron chi connectivity index (χ3n) is 11.0. The highest BCUT2D eigenvalue weighted by Crippen LogP contribution is 2.57. The van der Waals surface area contributed by atoms with Crippen LogP contribution in [-0.4, -0.2) is 81.3 Å². The van der Waals surface area contributed by atoms with Gasteiger partial charge in [-0.05, 0) is 68.0 Å². The van der Waals surface area contributed by atoms with E-state index in [9.17, 15) is 34.2 Å². The molecule has 0 radical (unpaired) electrons. The van der Waals surface area contributed by atoms with E-state index >= 15 is 0 Å². The molecule has 3 aliphatic rings. The molecule has 54 heavy (non-hydrogen) atoms. The maximum absolute atomic E-state index is 13.9. The Balaban J connectivity index is 1.60. The third-order valence-corrected chi connectivity index (χ3v) is 11.0. The molecule has 5 rings (SSSR count). The van der Waals surface area contributed by atoms with E-state index in [1.807, 2.05) is 30.3 Å². The maximum atomic E-state index is 13.9. The molecule has 2 aliphatic carbocycles. The standard InChI is InChI=1S/C42H52O12/c1-7-9-10-11-15-19-32(45)51-36-34-33(25(3)35(36)52-38(46)29-22-20-28(21-23-29)27-17-13-12-14-18-27)37-42(49,41(6,48)39(47)53-37)30(50-31(44)16-8-2)24-40(34,5)54-26(4)43/h12-14,17-18,20-23,30,34-37,48-49H,7-11,15-16,19,24H2,1-6H3/t30-,34+,35-,36-,37-,40-,41+,42+/m0/s1. The van der Waals surface area contributed by atoms with Gasteiger partial charge in [-0.15, -0.1) is 0 Å². The molecular weight excluding hydrogens is 696 g/mol. The van der Waals surface area contributed by atoms with Crippen molar-refractivity contribution < 1.29 is 57.9 Å². The van der Waals surface area contributed by atoms with Crippen molar-refractivity contribution >= 4 is 29.8 Å². The first-order valence-electron chi connectivity index (χ1n) is 18.9. The van der Waals surface area contributed by atoms with Crippen molar-refractivity contribution in [2.75, 3.05) is 0 Å². The van der Waals surface area contributed by atoms with Crippen molar-refractivity contribution in [1.82, 2.24) is 0 Å². The Morgan fingerprint density at radius 2 is 1.44 bits per heavy atom. The second kappa shape index (κ2) is 16.4. The Hall–Kier alpha value is -4.55. The molecule has 2 fully saturated rings. The fraction of sp³-hybridized carbons (Fsp3) is 0.548. The van der Waals surface area contributed by atoms with E-state index in [2.05, 4.69) is 6.92 Å². The molecule has 0 amide bonds. The predicted molar refractivity (Wildman–Crippen MR) is 196 cm³/mol. The number of unbranched alkanes of at least 4 members (excludes halogenated alkanes) is 4. The molecule has 8 atom stereocenters. The van der Waals surface area contributed by atoms with Crippen molar-refractivity contribution in [2.24, 2.45) is 5.92 Å². The fourth-order valence-corrected chi connectivity index (χ4v) is 8.19. The molecule has 1 saturated carbocycles. The van der Waals surface area contributed by atoms with Gasteiger partial charge in [0.25, 0.3) is 0 Å². The van der Waals surface area contributed by atoms with Gasteiger partial charge in [-0.1, -0.05) is 82.0 Å². The minimum atomic E-state index is -2.60. The summed E-state index contributed by atoms with van der Waals surface area (Å²) in [6, 6.07) is 16.4. The Morgan fingerprint density at radius 3 is 2.07 bits per heavy atom. The van der Waals surface area contributed by atoms with Crippen LogP contribution < -0.4 is 0 Å². The minimum absolute atomic E-state index is 0.0352. The number of ether oxygens (including phenoxy) is 5. The van der Waals surface area contributed by atoms with Gasteiger partial charge in [0.15, 0.2) is 29.5 Å². The van der Waals surface area contributed by atoms with Crippen LogP contribution in [0.25, 0.3) is 11.1 Å². The summed E-state index contributed by atoms with van der Waals surface area (Å²) in [6.45, 7) is 9.20. The lowest BCUT2D eigenvalue weighted by atomic mass is 9.75. The molecule has 12 heteroatoms. The smallest absolute Gasteiger partial charge is 0.341 e. The zero-order chi connectivity index (χ0) is 39.4. The van der Waals surface area contributed by atoms with Gasteiger partial charge in [0, 0.05) is 26.2 Å². The molecule has 0 spiro atoms. The van der Waals surface area contributed by atoms with Crippen molar-refractivity contribution in [2.45, 2.75) is 141 Å². The second-order valence-corrected chi connectivity index (χ2v) is 15.0. The van der Waals surface area contributed by atoms with Gasteiger partial charge in [-0.3, -0.25) is 14.4 Å². The summed E-state index contributed by atoms with van der Waals surface area (Å²) in [7, 11) is 0. The summed E-state index contributed by atoms with van der Waals surface area (Å²) in [6.07, 6.45) is -1.60. The van der Waals surface area contributed by atoms with Gasteiger partial charge in [-0.25, -0.2) is 9.59 Å². The van der Waals surface area contributed by atoms with Crippen LogP contribution in [0.2, 0.25) is 0 Å². The summed E-state index contributed by atoms with van der Waals surface area (Å²) < 4.78 is 29.9. The molecule has 1 saturated heterocycles. The molecule has 2 aromatic carbocycles. The Labute approximate surface area is 316 Å². The minimum Gasteiger partial charge on any atom is -0.459 e. The number of benzene rings is 2. The summed E-state index contributed by atoms with van der Waals surface area (Å²) in [5.74, 6) is -5.16. The summed E-state index contributed by atoms with van der Waals surface area (Å²) in [4.78, 5) is 66.7. The summed E-state index contributed by atoms with van der Waals surface area (Å²) in [5.41, 5.74) is -4.50. The molecular formula is C42H52O12. The quantitative estimate of drug-likeness (QED) is 0.101.